The van der Waals surface area contributed by atoms with Crippen LogP contribution in [0.5, 0.6) is 0 Å². The van der Waals surface area contributed by atoms with Crippen molar-refractivity contribution in [2.24, 2.45) is 0 Å². The summed E-state index contributed by atoms with van der Waals surface area (Å²) < 4.78 is 10.9. The van der Waals surface area contributed by atoms with Gasteiger partial charge in [0.25, 0.3) is 0 Å². The number of carbonyl (C=O) groups is 1. The Morgan fingerprint density at radius 2 is 1.10 bits per heavy atom. The summed E-state index contributed by atoms with van der Waals surface area (Å²) in [7, 11) is 0. The first-order chi connectivity index (χ1) is 14.8. The molecule has 0 aromatic carbocycles. The fraction of sp³-hybridized carbons (Fsp3) is 0.957. The molecule has 0 radical (unpaired) electrons. The van der Waals surface area contributed by atoms with Crippen molar-refractivity contribution in [3.63, 3.8) is 0 Å². The molecule has 0 amide bonds. The lowest BCUT2D eigenvalue weighted by Gasteiger charge is -2.07. The van der Waals surface area contributed by atoms with E-state index in [1.54, 1.807) is 0 Å². The number of rotatable bonds is 26. The zero-order valence-electron chi connectivity index (χ0n) is 19.3. The van der Waals surface area contributed by atoms with E-state index in [9.17, 15) is 4.79 Å². The molecule has 0 heterocycles. The van der Waals surface area contributed by atoms with Crippen LogP contribution in [0.4, 0.5) is 0 Å². The van der Waals surface area contributed by atoms with Gasteiger partial charge in [-0.25, -0.2) is 9.78 Å². The number of ether oxygens (including phenoxy) is 2. The van der Waals surface area contributed by atoms with E-state index in [4.69, 9.17) is 24.4 Å². The van der Waals surface area contributed by atoms with Crippen molar-refractivity contribution in [2.45, 2.75) is 96.8 Å². The summed E-state index contributed by atoms with van der Waals surface area (Å²) in [6.45, 7) is 4.81. The second-order valence-corrected chi connectivity index (χ2v) is 7.73. The monoisotopic (exact) mass is 433 g/mol. The molecule has 30 heavy (non-hydrogen) atoms. The van der Waals surface area contributed by atoms with Crippen molar-refractivity contribution in [2.75, 3.05) is 46.3 Å². The third kappa shape index (κ3) is 27.3. The Hall–Kier alpha value is -0.730. The van der Waals surface area contributed by atoms with E-state index in [0.29, 0.717) is 26.4 Å². The fourth-order valence-electron chi connectivity index (χ4n) is 3.11. The minimum atomic E-state index is -0.934. The Morgan fingerprint density at radius 1 is 0.633 bits per heavy atom. The molecule has 0 fully saturated rings. The molecule has 0 aliphatic rings. The van der Waals surface area contributed by atoms with Crippen LogP contribution < -0.4 is 5.32 Å². The van der Waals surface area contributed by atoms with Gasteiger partial charge in [-0.2, -0.15) is 0 Å². The number of carboxylic acid groups (broad SMARTS) is 1. The topological polar surface area (TPSA) is 86.3 Å². The summed E-state index contributed by atoms with van der Waals surface area (Å²) >= 11 is 0. The van der Waals surface area contributed by atoms with Crippen LogP contribution in [0.3, 0.4) is 0 Å². The van der Waals surface area contributed by atoms with Crippen LogP contribution in [0.2, 0.25) is 0 Å². The highest BCUT2D eigenvalue weighted by Crippen LogP contribution is 2.12. The van der Waals surface area contributed by atoms with Gasteiger partial charge in [-0.15, -0.1) is 0 Å². The SMILES string of the molecule is CCCCCCCCCCCCCCCCOCCOCCOOCNCC(=O)O. The first kappa shape index (κ1) is 29.3. The lowest BCUT2D eigenvalue weighted by atomic mass is 10.0. The van der Waals surface area contributed by atoms with Crippen LogP contribution in [0.15, 0.2) is 0 Å². The number of hydrogen-bond donors (Lipinski definition) is 2. The predicted molar refractivity (Wildman–Crippen MR) is 119 cm³/mol. The standard InChI is InChI=1S/C23H47NO6/c1-2-3-4-5-6-7-8-9-10-11-12-13-14-15-16-27-17-18-28-19-20-29-30-22-24-21-23(25)26/h24H,2-22H2,1H3,(H,25,26). The molecular weight excluding hydrogens is 386 g/mol. The Bertz CT molecular complexity index is 344. The second kappa shape index (κ2) is 26.3. The van der Waals surface area contributed by atoms with Crippen LogP contribution in [-0.4, -0.2) is 57.4 Å². The second-order valence-electron chi connectivity index (χ2n) is 7.73. The van der Waals surface area contributed by atoms with Gasteiger partial charge >= 0.3 is 5.97 Å². The molecule has 0 saturated carbocycles. The normalized spacial score (nSPS) is 11.2. The predicted octanol–water partition coefficient (Wildman–Crippen LogP) is 5.08. The fourth-order valence-corrected chi connectivity index (χ4v) is 3.11. The van der Waals surface area contributed by atoms with Crippen LogP contribution in [0.1, 0.15) is 96.8 Å². The molecule has 0 saturated heterocycles. The third-order valence-corrected chi connectivity index (χ3v) is 4.85. The summed E-state index contributed by atoms with van der Waals surface area (Å²) in [6, 6.07) is 0. The molecule has 0 aliphatic heterocycles. The average Bonchev–Trinajstić information content (AvgIpc) is 2.73. The van der Waals surface area contributed by atoms with Crippen molar-refractivity contribution >= 4 is 5.97 Å². The Labute approximate surface area is 184 Å². The minimum absolute atomic E-state index is 0.0363. The van der Waals surface area contributed by atoms with Gasteiger partial charge < -0.3 is 14.6 Å². The van der Waals surface area contributed by atoms with Crippen molar-refractivity contribution in [1.29, 1.82) is 0 Å². The van der Waals surface area contributed by atoms with Gasteiger partial charge in [-0.3, -0.25) is 10.1 Å². The van der Waals surface area contributed by atoms with Crippen LogP contribution in [0.25, 0.3) is 0 Å². The van der Waals surface area contributed by atoms with Gasteiger partial charge in [0.2, 0.25) is 0 Å². The molecular formula is C23H47NO6. The first-order valence-electron chi connectivity index (χ1n) is 12.1. The zero-order valence-corrected chi connectivity index (χ0v) is 19.3. The van der Waals surface area contributed by atoms with E-state index >= 15 is 0 Å². The Morgan fingerprint density at radius 3 is 1.63 bits per heavy atom. The van der Waals surface area contributed by atoms with Gasteiger partial charge in [0.15, 0.2) is 0 Å². The smallest absolute Gasteiger partial charge is 0.317 e. The molecule has 7 heteroatoms. The summed E-state index contributed by atoms with van der Waals surface area (Å²) in [6.07, 6.45) is 19.1. The molecule has 0 aromatic heterocycles. The van der Waals surface area contributed by atoms with Crippen molar-refractivity contribution in [1.82, 2.24) is 5.32 Å². The van der Waals surface area contributed by atoms with Gasteiger partial charge in [-0.05, 0) is 6.42 Å². The molecule has 0 unspecified atom stereocenters. The Balaban J connectivity index is 2.99. The quantitative estimate of drug-likeness (QED) is 0.0851. The lowest BCUT2D eigenvalue weighted by molar-refractivity contribution is -0.303. The minimum Gasteiger partial charge on any atom is -0.480 e. The van der Waals surface area contributed by atoms with Gasteiger partial charge in [0.05, 0.1) is 26.4 Å². The molecule has 0 bridgehead atoms. The van der Waals surface area contributed by atoms with E-state index < -0.39 is 5.97 Å². The van der Waals surface area contributed by atoms with E-state index in [1.807, 2.05) is 0 Å². The van der Waals surface area contributed by atoms with Gasteiger partial charge in [0.1, 0.15) is 13.3 Å². The maximum absolute atomic E-state index is 10.2. The van der Waals surface area contributed by atoms with E-state index in [1.165, 1.54) is 83.5 Å². The number of aliphatic carboxylic acids is 1. The summed E-state index contributed by atoms with van der Waals surface area (Å²) in [4.78, 5) is 19.8. The number of nitrogens with one attached hydrogen (secondary N) is 1. The number of unbranched alkanes of at least 4 members (excludes halogenated alkanes) is 13. The summed E-state index contributed by atoms with van der Waals surface area (Å²) in [5.74, 6) is -0.934. The maximum Gasteiger partial charge on any atom is 0.317 e. The Kier molecular flexibility index (Phi) is 25.7. The maximum atomic E-state index is 10.2. The van der Waals surface area contributed by atoms with Crippen molar-refractivity contribution in [3.8, 4) is 0 Å². The van der Waals surface area contributed by atoms with Crippen molar-refractivity contribution in [3.05, 3.63) is 0 Å². The number of hydrogen-bond acceptors (Lipinski definition) is 6. The van der Waals surface area contributed by atoms with E-state index in [0.717, 1.165) is 13.0 Å². The first-order valence-corrected chi connectivity index (χ1v) is 12.1. The largest absolute Gasteiger partial charge is 0.480 e. The van der Waals surface area contributed by atoms with Gasteiger partial charge in [0, 0.05) is 6.61 Å². The molecule has 2 N–H and O–H groups in total. The van der Waals surface area contributed by atoms with Crippen LogP contribution in [-0.2, 0) is 24.0 Å². The molecule has 0 aromatic rings. The van der Waals surface area contributed by atoms with E-state index in [-0.39, 0.29) is 13.3 Å². The van der Waals surface area contributed by atoms with Gasteiger partial charge in [-0.1, -0.05) is 90.4 Å². The highest BCUT2D eigenvalue weighted by Gasteiger charge is 1.96. The molecule has 7 nitrogen and oxygen atoms in total. The van der Waals surface area contributed by atoms with E-state index in [2.05, 4.69) is 12.2 Å². The molecule has 0 atom stereocenters. The zero-order chi connectivity index (χ0) is 22.0. The molecule has 0 spiro atoms. The van der Waals surface area contributed by atoms with Crippen LogP contribution in [0, 0.1) is 0 Å². The lowest BCUT2D eigenvalue weighted by Crippen LogP contribution is -2.25. The highest BCUT2D eigenvalue weighted by atomic mass is 17.2. The average molecular weight is 434 g/mol. The van der Waals surface area contributed by atoms with Crippen molar-refractivity contribution < 1.29 is 29.1 Å². The third-order valence-electron chi connectivity index (χ3n) is 4.85. The molecule has 0 rings (SSSR count). The van der Waals surface area contributed by atoms with Crippen LogP contribution >= 0.6 is 0 Å². The summed E-state index contributed by atoms with van der Waals surface area (Å²) in [5, 5.41) is 10.9. The molecule has 180 valence electrons. The number of carboxylic acids is 1. The summed E-state index contributed by atoms with van der Waals surface area (Å²) in [5.41, 5.74) is 0. The highest BCUT2D eigenvalue weighted by molar-refractivity contribution is 5.68. The molecule has 0 aliphatic carbocycles.